The molecule has 1 fully saturated rings. The summed E-state index contributed by atoms with van der Waals surface area (Å²) in [5.41, 5.74) is 5.76. The van der Waals surface area contributed by atoms with Crippen molar-refractivity contribution in [3.8, 4) is 0 Å². The summed E-state index contributed by atoms with van der Waals surface area (Å²) in [5.74, 6) is 0.559. The van der Waals surface area contributed by atoms with Crippen molar-refractivity contribution in [1.29, 1.82) is 0 Å². The van der Waals surface area contributed by atoms with Gasteiger partial charge in [0.1, 0.15) is 6.10 Å². The number of carbonyl (C=O) groups is 1. The van der Waals surface area contributed by atoms with Gasteiger partial charge < -0.3 is 15.4 Å². The highest BCUT2D eigenvalue weighted by Crippen LogP contribution is 2.29. The lowest BCUT2D eigenvalue weighted by Crippen LogP contribution is -2.47. The van der Waals surface area contributed by atoms with Crippen molar-refractivity contribution in [3.63, 3.8) is 0 Å². The number of hydrogen-bond donors (Lipinski definition) is 1. The quantitative estimate of drug-likeness (QED) is 0.763. The SMILES string of the molecule is CCN(C(=O)C(C)OC)C1CCCC1CN. The van der Waals surface area contributed by atoms with Gasteiger partial charge >= 0.3 is 0 Å². The fraction of sp³-hybridized carbons (Fsp3) is 0.917. The van der Waals surface area contributed by atoms with Crippen LogP contribution in [0.3, 0.4) is 0 Å². The molecule has 1 aliphatic carbocycles. The van der Waals surface area contributed by atoms with Gasteiger partial charge in [-0.3, -0.25) is 4.79 Å². The summed E-state index contributed by atoms with van der Waals surface area (Å²) in [5, 5.41) is 0. The standard InChI is InChI=1S/C12H24N2O2/c1-4-14(12(15)9(2)16-3)11-7-5-6-10(11)8-13/h9-11H,4-8,13H2,1-3H3. The van der Waals surface area contributed by atoms with Gasteiger partial charge in [0, 0.05) is 19.7 Å². The molecule has 1 saturated carbocycles. The Balaban J connectivity index is 2.69. The minimum atomic E-state index is -0.348. The lowest BCUT2D eigenvalue weighted by Gasteiger charge is -2.33. The third-order valence-corrected chi connectivity index (χ3v) is 3.65. The van der Waals surface area contributed by atoms with Crippen molar-refractivity contribution in [2.75, 3.05) is 20.2 Å². The first kappa shape index (κ1) is 13.5. The molecule has 0 radical (unpaired) electrons. The fourth-order valence-electron chi connectivity index (χ4n) is 2.59. The van der Waals surface area contributed by atoms with Crippen LogP contribution in [0, 0.1) is 5.92 Å². The summed E-state index contributed by atoms with van der Waals surface area (Å²) in [6, 6.07) is 0.320. The van der Waals surface area contributed by atoms with Gasteiger partial charge in [-0.1, -0.05) is 6.42 Å². The van der Waals surface area contributed by atoms with Gasteiger partial charge in [-0.15, -0.1) is 0 Å². The van der Waals surface area contributed by atoms with Crippen molar-refractivity contribution >= 4 is 5.91 Å². The number of amides is 1. The van der Waals surface area contributed by atoms with Crippen LogP contribution in [0.5, 0.6) is 0 Å². The van der Waals surface area contributed by atoms with Gasteiger partial charge in [0.25, 0.3) is 5.91 Å². The Morgan fingerprint density at radius 1 is 1.56 bits per heavy atom. The number of rotatable bonds is 5. The average molecular weight is 228 g/mol. The smallest absolute Gasteiger partial charge is 0.251 e. The molecular formula is C12H24N2O2. The number of methoxy groups -OCH3 is 1. The highest BCUT2D eigenvalue weighted by Gasteiger charge is 2.34. The first-order valence-corrected chi connectivity index (χ1v) is 6.19. The molecule has 94 valence electrons. The molecule has 3 atom stereocenters. The van der Waals surface area contributed by atoms with Gasteiger partial charge in [0.15, 0.2) is 0 Å². The normalized spacial score (nSPS) is 26.8. The van der Waals surface area contributed by atoms with E-state index in [1.165, 1.54) is 6.42 Å². The highest BCUT2D eigenvalue weighted by molar-refractivity contribution is 5.80. The average Bonchev–Trinajstić information content (AvgIpc) is 2.77. The lowest BCUT2D eigenvalue weighted by atomic mass is 10.0. The Kier molecular flexibility index (Phi) is 5.22. The van der Waals surface area contributed by atoms with Crippen LogP contribution >= 0.6 is 0 Å². The molecule has 1 rings (SSSR count). The largest absolute Gasteiger partial charge is 0.372 e. The van der Waals surface area contributed by atoms with E-state index >= 15 is 0 Å². The van der Waals surface area contributed by atoms with Gasteiger partial charge in [-0.05, 0) is 39.2 Å². The van der Waals surface area contributed by atoms with Crippen molar-refractivity contribution in [1.82, 2.24) is 4.90 Å². The van der Waals surface area contributed by atoms with Crippen molar-refractivity contribution in [2.24, 2.45) is 11.7 Å². The van der Waals surface area contributed by atoms with E-state index in [0.29, 0.717) is 18.5 Å². The fourth-order valence-corrected chi connectivity index (χ4v) is 2.59. The first-order chi connectivity index (χ1) is 7.65. The van der Waals surface area contributed by atoms with Crippen molar-refractivity contribution in [2.45, 2.75) is 45.3 Å². The number of likely N-dealkylation sites (N-methyl/N-ethyl adjacent to an activating group) is 1. The van der Waals surface area contributed by atoms with E-state index in [1.54, 1.807) is 14.0 Å². The van der Waals surface area contributed by atoms with Crippen LogP contribution in [0.25, 0.3) is 0 Å². The van der Waals surface area contributed by atoms with E-state index in [4.69, 9.17) is 10.5 Å². The maximum Gasteiger partial charge on any atom is 0.251 e. The van der Waals surface area contributed by atoms with Gasteiger partial charge in [-0.25, -0.2) is 0 Å². The summed E-state index contributed by atoms with van der Waals surface area (Å²) >= 11 is 0. The Labute approximate surface area is 98.1 Å². The summed E-state index contributed by atoms with van der Waals surface area (Å²) in [6.45, 7) is 5.24. The van der Waals surface area contributed by atoms with Gasteiger partial charge in [-0.2, -0.15) is 0 Å². The van der Waals surface area contributed by atoms with E-state index in [1.807, 2.05) is 11.8 Å². The number of carbonyl (C=O) groups excluding carboxylic acids is 1. The van der Waals surface area contributed by atoms with Crippen LogP contribution in [0.4, 0.5) is 0 Å². The molecule has 4 nitrogen and oxygen atoms in total. The van der Waals surface area contributed by atoms with E-state index < -0.39 is 0 Å². The molecular weight excluding hydrogens is 204 g/mol. The topological polar surface area (TPSA) is 55.6 Å². The highest BCUT2D eigenvalue weighted by atomic mass is 16.5. The van der Waals surface area contributed by atoms with Crippen LogP contribution in [0.1, 0.15) is 33.1 Å². The molecule has 2 N–H and O–H groups in total. The maximum atomic E-state index is 12.1. The second kappa shape index (κ2) is 6.21. The van der Waals surface area contributed by atoms with Gasteiger partial charge in [0.2, 0.25) is 0 Å². The second-order valence-corrected chi connectivity index (χ2v) is 4.50. The van der Waals surface area contributed by atoms with Crippen LogP contribution in [-0.2, 0) is 9.53 Å². The first-order valence-electron chi connectivity index (χ1n) is 6.19. The number of nitrogens with zero attached hydrogens (tertiary/aromatic N) is 1. The minimum Gasteiger partial charge on any atom is -0.372 e. The van der Waals surface area contributed by atoms with Crippen LogP contribution < -0.4 is 5.73 Å². The molecule has 0 heterocycles. The molecule has 0 spiro atoms. The number of nitrogens with two attached hydrogens (primary N) is 1. The van der Waals surface area contributed by atoms with Crippen molar-refractivity contribution in [3.05, 3.63) is 0 Å². The molecule has 4 heteroatoms. The van der Waals surface area contributed by atoms with E-state index in [-0.39, 0.29) is 12.0 Å². The monoisotopic (exact) mass is 228 g/mol. The number of hydrogen-bond acceptors (Lipinski definition) is 3. The Hall–Kier alpha value is -0.610. The van der Waals surface area contributed by atoms with E-state index in [2.05, 4.69) is 0 Å². The third-order valence-electron chi connectivity index (χ3n) is 3.65. The zero-order valence-corrected chi connectivity index (χ0v) is 10.6. The minimum absolute atomic E-state index is 0.0929. The molecule has 1 aliphatic rings. The molecule has 1 amide bonds. The number of ether oxygens (including phenoxy) is 1. The summed E-state index contributed by atoms with van der Waals surface area (Å²) in [6.07, 6.45) is 3.06. The predicted octanol–water partition coefficient (Wildman–Crippen LogP) is 0.997. The molecule has 0 bridgehead atoms. The van der Waals surface area contributed by atoms with E-state index in [0.717, 1.165) is 19.4 Å². The molecule has 16 heavy (non-hydrogen) atoms. The summed E-state index contributed by atoms with van der Waals surface area (Å²) < 4.78 is 5.10. The maximum absolute atomic E-state index is 12.1. The van der Waals surface area contributed by atoms with Crippen LogP contribution in [0.15, 0.2) is 0 Å². The zero-order valence-electron chi connectivity index (χ0n) is 10.6. The zero-order chi connectivity index (χ0) is 12.1. The van der Waals surface area contributed by atoms with Gasteiger partial charge in [0.05, 0.1) is 0 Å². The van der Waals surface area contributed by atoms with Crippen LogP contribution in [0.2, 0.25) is 0 Å². The molecule has 0 aromatic heterocycles. The summed E-state index contributed by atoms with van der Waals surface area (Å²) in [7, 11) is 1.57. The third kappa shape index (κ3) is 2.74. The van der Waals surface area contributed by atoms with Crippen LogP contribution in [-0.4, -0.2) is 43.2 Å². The molecule has 0 aliphatic heterocycles. The second-order valence-electron chi connectivity index (χ2n) is 4.50. The van der Waals surface area contributed by atoms with E-state index in [9.17, 15) is 4.79 Å². The lowest BCUT2D eigenvalue weighted by molar-refractivity contribution is -0.143. The Morgan fingerprint density at radius 3 is 2.75 bits per heavy atom. The Morgan fingerprint density at radius 2 is 2.25 bits per heavy atom. The van der Waals surface area contributed by atoms with Crippen molar-refractivity contribution < 1.29 is 9.53 Å². The molecule has 0 saturated heterocycles. The summed E-state index contributed by atoms with van der Waals surface area (Å²) in [4.78, 5) is 14.1. The molecule has 0 aromatic carbocycles. The molecule has 3 unspecified atom stereocenters. The molecule has 0 aromatic rings. The predicted molar refractivity (Wildman–Crippen MR) is 64.0 cm³/mol. The Bertz CT molecular complexity index is 233.